The molecule has 160 valence electrons. The van der Waals surface area contributed by atoms with Crippen LogP contribution in [0.2, 0.25) is 0 Å². The van der Waals surface area contributed by atoms with Crippen molar-refractivity contribution in [2.75, 3.05) is 16.0 Å². The lowest BCUT2D eigenvalue weighted by Crippen LogP contribution is -2.28. The van der Waals surface area contributed by atoms with Crippen molar-refractivity contribution in [3.63, 3.8) is 0 Å². The molecule has 2 aromatic carbocycles. The molecule has 1 aliphatic heterocycles. The normalized spacial score (nSPS) is 16.1. The number of hydrogen-bond donors (Lipinski definition) is 1. The smallest absolute Gasteiger partial charge is 0.238 e. The minimum absolute atomic E-state index is 0.00347. The Morgan fingerprint density at radius 3 is 2.67 bits per heavy atom. The van der Waals surface area contributed by atoms with Gasteiger partial charge in [-0.3, -0.25) is 14.5 Å². The summed E-state index contributed by atoms with van der Waals surface area (Å²) in [6.45, 7) is 2.19. The zero-order valence-corrected chi connectivity index (χ0v) is 18.2. The average molecular weight is 429 g/mol. The summed E-state index contributed by atoms with van der Waals surface area (Å²) >= 11 is 1.46. The highest BCUT2D eigenvalue weighted by molar-refractivity contribution is 8.00. The van der Waals surface area contributed by atoms with Crippen molar-refractivity contribution in [1.82, 2.24) is 0 Å². The maximum atomic E-state index is 14.3. The van der Waals surface area contributed by atoms with Crippen LogP contribution in [0.4, 0.5) is 15.8 Å². The molecule has 1 fully saturated rings. The zero-order chi connectivity index (χ0) is 21.3. The zero-order valence-electron chi connectivity index (χ0n) is 17.4. The van der Waals surface area contributed by atoms with Crippen LogP contribution < -0.4 is 10.2 Å². The van der Waals surface area contributed by atoms with Crippen molar-refractivity contribution in [3.8, 4) is 0 Å². The molecule has 30 heavy (non-hydrogen) atoms. The topological polar surface area (TPSA) is 49.4 Å². The Morgan fingerprint density at radius 2 is 1.87 bits per heavy atom. The van der Waals surface area contributed by atoms with E-state index in [4.69, 9.17) is 0 Å². The van der Waals surface area contributed by atoms with Gasteiger partial charge in [0.05, 0.1) is 11.4 Å². The van der Waals surface area contributed by atoms with Gasteiger partial charge in [-0.25, -0.2) is 4.39 Å². The van der Waals surface area contributed by atoms with E-state index >= 15 is 0 Å². The number of halogens is 1. The number of benzene rings is 2. The third kappa shape index (κ3) is 5.85. The van der Waals surface area contributed by atoms with Gasteiger partial charge in [-0.05, 0) is 36.2 Å². The van der Waals surface area contributed by atoms with E-state index in [1.54, 1.807) is 18.2 Å². The van der Waals surface area contributed by atoms with Gasteiger partial charge >= 0.3 is 0 Å². The molecule has 2 aromatic rings. The number of para-hydroxylation sites is 1. The highest BCUT2D eigenvalue weighted by atomic mass is 32.2. The standard InChI is InChI=1S/C24H29FN2O2S/c1-2-3-4-5-6-7-15-22(28)26-19-12-10-11-18(16-19)24-27(23(29)17-30-24)21-14-9-8-13-20(21)25/h8-14,16,24H,2-7,15,17H2,1H3,(H,26,28)/t24-/m0/s1. The van der Waals surface area contributed by atoms with E-state index in [1.807, 2.05) is 24.3 Å². The molecule has 1 aliphatic rings. The van der Waals surface area contributed by atoms with Crippen LogP contribution >= 0.6 is 11.8 Å². The Kier molecular flexibility index (Phi) is 8.31. The van der Waals surface area contributed by atoms with Crippen molar-refractivity contribution >= 4 is 35.0 Å². The predicted molar refractivity (Wildman–Crippen MR) is 122 cm³/mol. The van der Waals surface area contributed by atoms with Crippen LogP contribution in [0.25, 0.3) is 0 Å². The number of carbonyl (C=O) groups excluding carboxylic acids is 2. The van der Waals surface area contributed by atoms with E-state index in [0.717, 1.165) is 18.4 Å². The number of anilines is 2. The van der Waals surface area contributed by atoms with Crippen LogP contribution in [0.15, 0.2) is 48.5 Å². The lowest BCUT2D eigenvalue weighted by molar-refractivity contribution is -0.117. The fourth-order valence-electron chi connectivity index (χ4n) is 3.64. The van der Waals surface area contributed by atoms with Gasteiger partial charge in [0.1, 0.15) is 11.2 Å². The first-order valence-corrected chi connectivity index (χ1v) is 11.7. The summed E-state index contributed by atoms with van der Waals surface area (Å²) in [6, 6.07) is 13.8. The van der Waals surface area contributed by atoms with Gasteiger partial charge in [0.25, 0.3) is 0 Å². The summed E-state index contributed by atoms with van der Waals surface area (Å²) in [5, 5.41) is 2.64. The average Bonchev–Trinajstić information content (AvgIpc) is 3.12. The van der Waals surface area contributed by atoms with Gasteiger partial charge in [0.2, 0.25) is 11.8 Å². The Labute approximate surface area is 182 Å². The highest BCUT2D eigenvalue weighted by Crippen LogP contribution is 2.42. The second kappa shape index (κ2) is 11.2. The molecular formula is C24H29FN2O2S. The molecule has 1 N–H and O–H groups in total. The van der Waals surface area contributed by atoms with Crippen LogP contribution in [0.5, 0.6) is 0 Å². The predicted octanol–water partition coefficient (Wildman–Crippen LogP) is 6.29. The molecule has 4 nitrogen and oxygen atoms in total. The molecule has 2 amide bonds. The number of thioether (sulfide) groups is 1. The number of unbranched alkanes of at least 4 members (excludes halogenated alkanes) is 5. The van der Waals surface area contributed by atoms with Crippen molar-refractivity contribution in [1.29, 1.82) is 0 Å². The molecule has 0 radical (unpaired) electrons. The van der Waals surface area contributed by atoms with Gasteiger partial charge in [0.15, 0.2) is 0 Å². The van der Waals surface area contributed by atoms with Crippen LogP contribution in [0.1, 0.15) is 62.8 Å². The van der Waals surface area contributed by atoms with Gasteiger partial charge in [-0.2, -0.15) is 0 Å². The van der Waals surface area contributed by atoms with Crippen molar-refractivity contribution in [3.05, 3.63) is 59.9 Å². The van der Waals surface area contributed by atoms with E-state index < -0.39 is 5.82 Å². The van der Waals surface area contributed by atoms with Gasteiger partial charge < -0.3 is 5.32 Å². The molecule has 0 bridgehead atoms. The van der Waals surface area contributed by atoms with Crippen LogP contribution in [0.3, 0.4) is 0 Å². The minimum Gasteiger partial charge on any atom is -0.326 e. The first-order chi connectivity index (χ1) is 14.6. The molecule has 0 aromatic heterocycles. The Bertz CT molecular complexity index is 874. The minimum atomic E-state index is -0.415. The summed E-state index contributed by atoms with van der Waals surface area (Å²) < 4.78 is 14.3. The van der Waals surface area contributed by atoms with Crippen LogP contribution in [0, 0.1) is 5.82 Å². The van der Waals surface area contributed by atoms with Gasteiger partial charge in [-0.15, -0.1) is 11.8 Å². The molecule has 6 heteroatoms. The molecule has 0 saturated carbocycles. The first kappa shape index (κ1) is 22.3. The number of nitrogens with zero attached hydrogens (tertiary/aromatic N) is 1. The third-order valence-electron chi connectivity index (χ3n) is 5.19. The molecule has 0 unspecified atom stereocenters. The largest absolute Gasteiger partial charge is 0.326 e. The monoisotopic (exact) mass is 428 g/mol. The fraction of sp³-hybridized carbons (Fsp3) is 0.417. The third-order valence-corrected chi connectivity index (χ3v) is 6.41. The quantitative estimate of drug-likeness (QED) is 0.452. The number of nitrogens with one attached hydrogen (secondary N) is 1. The first-order valence-electron chi connectivity index (χ1n) is 10.7. The van der Waals surface area contributed by atoms with Crippen molar-refractivity contribution in [2.24, 2.45) is 0 Å². The summed E-state index contributed by atoms with van der Waals surface area (Å²) in [7, 11) is 0. The summed E-state index contributed by atoms with van der Waals surface area (Å²) in [4.78, 5) is 26.3. The number of rotatable bonds is 10. The molecule has 1 saturated heterocycles. The van der Waals surface area contributed by atoms with Gasteiger partial charge in [-0.1, -0.05) is 63.3 Å². The highest BCUT2D eigenvalue weighted by Gasteiger charge is 2.35. The summed E-state index contributed by atoms with van der Waals surface area (Å²) in [5.74, 6) is -0.230. The molecule has 0 aliphatic carbocycles. The summed E-state index contributed by atoms with van der Waals surface area (Å²) in [5.41, 5.74) is 1.86. The van der Waals surface area contributed by atoms with E-state index in [9.17, 15) is 14.0 Å². The van der Waals surface area contributed by atoms with Crippen molar-refractivity contribution in [2.45, 2.75) is 57.2 Å². The fourth-order valence-corrected chi connectivity index (χ4v) is 4.80. The van der Waals surface area contributed by atoms with E-state index in [2.05, 4.69) is 12.2 Å². The molecule has 1 atom stereocenters. The Hall–Kier alpha value is -2.34. The van der Waals surface area contributed by atoms with E-state index in [0.29, 0.717) is 17.9 Å². The molecule has 3 rings (SSSR count). The second-order valence-corrected chi connectivity index (χ2v) is 8.64. The van der Waals surface area contributed by atoms with E-state index in [1.165, 1.54) is 48.4 Å². The van der Waals surface area contributed by atoms with Crippen LogP contribution in [-0.4, -0.2) is 17.6 Å². The Balaban J connectivity index is 1.62. The lowest BCUT2D eigenvalue weighted by Gasteiger charge is -2.25. The number of carbonyl (C=O) groups is 2. The SMILES string of the molecule is CCCCCCCCC(=O)Nc1cccc([C@@H]2SCC(=O)N2c2ccccc2F)c1. The maximum absolute atomic E-state index is 14.3. The number of hydrogen-bond acceptors (Lipinski definition) is 3. The van der Waals surface area contributed by atoms with Gasteiger partial charge in [0, 0.05) is 12.1 Å². The van der Waals surface area contributed by atoms with Crippen LogP contribution in [-0.2, 0) is 9.59 Å². The van der Waals surface area contributed by atoms with Crippen molar-refractivity contribution < 1.29 is 14.0 Å². The molecule has 1 heterocycles. The Morgan fingerprint density at radius 1 is 1.10 bits per heavy atom. The molecule has 0 spiro atoms. The second-order valence-electron chi connectivity index (χ2n) is 7.57. The maximum Gasteiger partial charge on any atom is 0.238 e. The summed E-state index contributed by atoms with van der Waals surface area (Å²) in [6.07, 6.45) is 7.36. The molecular weight excluding hydrogens is 399 g/mol. The van der Waals surface area contributed by atoms with E-state index in [-0.39, 0.29) is 22.9 Å². The lowest BCUT2D eigenvalue weighted by atomic mass is 10.1. The number of amides is 2.